The van der Waals surface area contributed by atoms with E-state index in [2.05, 4.69) is 57.8 Å². The zero-order chi connectivity index (χ0) is 28.6. The SMILES string of the molecule is Cc1cc(C(=O)Nc2cc(-c3cnc(N4CCOCC4)nc3)c(F)cc2N2C[C@@H](C)N(C)[C@@H](C)C2)cc(C)c1C. The number of morpholine rings is 1. The van der Waals surface area contributed by atoms with Crippen LogP contribution in [0, 0.1) is 26.6 Å². The number of nitrogens with zero attached hydrogens (tertiary/aromatic N) is 5. The highest BCUT2D eigenvalue weighted by atomic mass is 19.1. The second-order valence-electron chi connectivity index (χ2n) is 11.2. The molecule has 2 aliphatic rings. The summed E-state index contributed by atoms with van der Waals surface area (Å²) in [6.07, 6.45) is 3.29. The molecule has 5 rings (SSSR count). The predicted molar refractivity (Wildman–Crippen MR) is 158 cm³/mol. The average Bonchev–Trinajstić information content (AvgIpc) is 2.95. The van der Waals surface area contributed by atoms with Crippen molar-refractivity contribution in [1.29, 1.82) is 0 Å². The molecule has 3 heterocycles. The Morgan fingerprint density at radius 1 is 0.950 bits per heavy atom. The van der Waals surface area contributed by atoms with E-state index in [0.717, 1.165) is 37.3 Å². The molecule has 1 amide bonds. The van der Waals surface area contributed by atoms with Gasteiger partial charge in [-0.1, -0.05) is 0 Å². The van der Waals surface area contributed by atoms with Crippen LogP contribution in [-0.2, 0) is 4.74 Å². The monoisotopic (exact) mass is 546 g/mol. The van der Waals surface area contributed by atoms with Crippen molar-refractivity contribution in [2.24, 2.45) is 0 Å². The number of aromatic nitrogens is 2. The van der Waals surface area contributed by atoms with E-state index in [-0.39, 0.29) is 23.8 Å². The van der Waals surface area contributed by atoms with E-state index in [1.54, 1.807) is 18.5 Å². The Hall–Kier alpha value is -3.56. The number of carbonyl (C=O) groups is 1. The van der Waals surface area contributed by atoms with Crippen LogP contribution < -0.4 is 15.1 Å². The number of anilines is 3. The minimum atomic E-state index is -0.378. The molecule has 0 saturated carbocycles. The zero-order valence-electron chi connectivity index (χ0n) is 24.3. The topological polar surface area (TPSA) is 73.8 Å². The molecule has 2 saturated heterocycles. The molecular weight excluding hydrogens is 507 g/mol. The molecule has 212 valence electrons. The van der Waals surface area contributed by atoms with Gasteiger partial charge in [-0.25, -0.2) is 14.4 Å². The Balaban J connectivity index is 1.52. The van der Waals surface area contributed by atoms with E-state index in [9.17, 15) is 4.79 Å². The van der Waals surface area contributed by atoms with Gasteiger partial charge in [0.15, 0.2) is 0 Å². The van der Waals surface area contributed by atoms with Crippen molar-refractivity contribution in [1.82, 2.24) is 14.9 Å². The molecule has 1 N–H and O–H groups in total. The Kier molecular flexibility index (Phi) is 8.05. The van der Waals surface area contributed by atoms with Crippen LogP contribution in [0.15, 0.2) is 36.7 Å². The number of aryl methyl sites for hydroxylation is 2. The third-order valence-electron chi connectivity index (χ3n) is 8.47. The predicted octanol–water partition coefficient (Wildman–Crippen LogP) is 4.83. The van der Waals surface area contributed by atoms with Crippen LogP contribution in [0.1, 0.15) is 40.9 Å². The Morgan fingerprint density at radius 2 is 1.55 bits per heavy atom. The maximum Gasteiger partial charge on any atom is 0.255 e. The molecule has 0 bridgehead atoms. The quantitative estimate of drug-likeness (QED) is 0.492. The van der Waals surface area contributed by atoms with Gasteiger partial charge in [0.2, 0.25) is 5.95 Å². The summed E-state index contributed by atoms with van der Waals surface area (Å²) in [7, 11) is 2.11. The summed E-state index contributed by atoms with van der Waals surface area (Å²) in [5.41, 5.74) is 6.01. The van der Waals surface area contributed by atoms with E-state index >= 15 is 4.39 Å². The van der Waals surface area contributed by atoms with E-state index in [0.29, 0.717) is 47.2 Å². The number of amides is 1. The van der Waals surface area contributed by atoms with Crippen molar-refractivity contribution >= 4 is 23.2 Å². The fraction of sp³-hybridized carbons (Fsp3) is 0.452. The smallest absolute Gasteiger partial charge is 0.255 e. The number of nitrogens with one attached hydrogen (secondary N) is 1. The molecule has 9 heteroatoms. The van der Waals surface area contributed by atoms with Crippen LogP contribution >= 0.6 is 0 Å². The number of halogens is 1. The molecule has 3 aromatic rings. The molecule has 0 radical (unpaired) electrons. The summed E-state index contributed by atoms with van der Waals surface area (Å²) >= 11 is 0. The fourth-order valence-corrected chi connectivity index (χ4v) is 5.50. The summed E-state index contributed by atoms with van der Waals surface area (Å²) in [5, 5.41) is 3.12. The van der Waals surface area contributed by atoms with Crippen LogP contribution in [0.5, 0.6) is 0 Å². The minimum Gasteiger partial charge on any atom is -0.378 e. The van der Waals surface area contributed by atoms with E-state index in [1.165, 1.54) is 11.6 Å². The Labute approximate surface area is 236 Å². The number of piperazine rings is 1. The molecule has 1 aromatic heterocycles. The molecule has 0 spiro atoms. The first kappa shape index (κ1) is 28.0. The summed E-state index contributed by atoms with van der Waals surface area (Å²) < 4.78 is 21.2. The first-order valence-electron chi connectivity index (χ1n) is 14.0. The number of hydrogen-bond acceptors (Lipinski definition) is 7. The fourth-order valence-electron chi connectivity index (χ4n) is 5.50. The molecule has 0 unspecified atom stereocenters. The lowest BCUT2D eigenvalue weighted by atomic mass is 10.00. The largest absolute Gasteiger partial charge is 0.378 e. The van der Waals surface area contributed by atoms with Crippen molar-refractivity contribution in [2.75, 3.05) is 61.6 Å². The van der Waals surface area contributed by atoms with Crippen molar-refractivity contribution in [3.63, 3.8) is 0 Å². The van der Waals surface area contributed by atoms with Gasteiger partial charge in [-0.3, -0.25) is 9.69 Å². The van der Waals surface area contributed by atoms with Gasteiger partial charge in [-0.15, -0.1) is 0 Å². The highest BCUT2D eigenvalue weighted by molar-refractivity contribution is 6.06. The average molecular weight is 547 g/mol. The van der Waals surface area contributed by atoms with Crippen LogP contribution in [-0.4, -0.2) is 79.3 Å². The van der Waals surface area contributed by atoms with Crippen LogP contribution in [0.25, 0.3) is 11.1 Å². The lowest BCUT2D eigenvalue weighted by Crippen LogP contribution is -2.55. The molecule has 2 atom stereocenters. The van der Waals surface area contributed by atoms with Gasteiger partial charge >= 0.3 is 0 Å². The van der Waals surface area contributed by atoms with Gasteiger partial charge in [0.05, 0.1) is 24.6 Å². The van der Waals surface area contributed by atoms with Gasteiger partial charge in [-0.2, -0.15) is 0 Å². The summed E-state index contributed by atoms with van der Waals surface area (Å²) in [6, 6.07) is 7.62. The van der Waals surface area contributed by atoms with Crippen molar-refractivity contribution in [2.45, 2.75) is 46.7 Å². The third-order valence-corrected chi connectivity index (χ3v) is 8.47. The molecule has 2 aromatic carbocycles. The van der Waals surface area contributed by atoms with Crippen molar-refractivity contribution in [3.05, 3.63) is 64.7 Å². The van der Waals surface area contributed by atoms with E-state index in [4.69, 9.17) is 4.74 Å². The number of likely N-dealkylation sites (N-methyl/N-ethyl adjacent to an activating group) is 1. The number of hydrogen-bond donors (Lipinski definition) is 1. The van der Waals surface area contributed by atoms with Crippen LogP contribution in [0.3, 0.4) is 0 Å². The maximum atomic E-state index is 15.8. The second kappa shape index (κ2) is 11.5. The van der Waals surface area contributed by atoms with Crippen molar-refractivity contribution < 1.29 is 13.9 Å². The highest BCUT2D eigenvalue weighted by Crippen LogP contribution is 2.36. The molecule has 0 aliphatic carbocycles. The van der Waals surface area contributed by atoms with Crippen LogP contribution in [0.2, 0.25) is 0 Å². The Bertz CT molecular complexity index is 1350. The molecule has 2 aliphatic heterocycles. The number of benzene rings is 2. The lowest BCUT2D eigenvalue weighted by molar-refractivity contribution is 0.102. The highest BCUT2D eigenvalue weighted by Gasteiger charge is 2.29. The standard InChI is InChI=1S/C31H39FN6O2/c1-19-11-24(12-20(2)23(19)5)30(39)35-28-13-26(25-15-33-31(34-16-25)37-7-9-40-10-8-37)27(32)14-29(28)38-17-21(3)36(6)22(4)18-38/h11-16,21-22H,7-10,17-18H2,1-6H3,(H,35,39)/t21-,22+. The number of rotatable bonds is 5. The van der Waals surface area contributed by atoms with Crippen molar-refractivity contribution in [3.8, 4) is 11.1 Å². The van der Waals surface area contributed by atoms with Gasteiger partial charge in [0.25, 0.3) is 5.91 Å². The van der Waals surface area contributed by atoms with Gasteiger partial charge < -0.3 is 19.9 Å². The second-order valence-corrected chi connectivity index (χ2v) is 11.2. The van der Waals surface area contributed by atoms with Gasteiger partial charge in [0, 0.05) is 67.3 Å². The van der Waals surface area contributed by atoms with Gasteiger partial charge in [0.1, 0.15) is 5.82 Å². The van der Waals surface area contributed by atoms with Crippen LogP contribution in [0.4, 0.5) is 21.7 Å². The molecule has 40 heavy (non-hydrogen) atoms. The lowest BCUT2D eigenvalue weighted by Gasteiger charge is -2.44. The zero-order valence-corrected chi connectivity index (χ0v) is 24.3. The first-order valence-corrected chi connectivity index (χ1v) is 14.0. The molecule has 8 nitrogen and oxygen atoms in total. The summed E-state index contributed by atoms with van der Waals surface area (Å²) in [6.45, 7) is 14.6. The van der Waals surface area contributed by atoms with E-state index in [1.807, 2.05) is 26.0 Å². The number of carbonyl (C=O) groups excluding carboxylic acids is 1. The van der Waals surface area contributed by atoms with Gasteiger partial charge in [-0.05, 0) is 82.6 Å². The Morgan fingerprint density at radius 3 is 2.15 bits per heavy atom. The molecule has 2 fully saturated rings. The first-order chi connectivity index (χ1) is 19.1. The third kappa shape index (κ3) is 5.67. The normalized spacial score (nSPS) is 20.1. The maximum absolute atomic E-state index is 15.8. The summed E-state index contributed by atoms with van der Waals surface area (Å²) in [4.78, 5) is 29.1. The summed E-state index contributed by atoms with van der Waals surface area (Å²) in [5.74, 6) is -0.000689. The van der Waals surface area contributed by atoms with E-state index < -0.39 is 0 Å². The minimum absolute atomic E-state index is 0.223. The number of ether oxygens (including phenoxy) is 1. The molecular formula is C31H39FN6O2.